The Morgan fingerprint density at radius 2 is 1.94 bits per heavy atom. The third kappa shape index (κ3) is 2.75. The molecule has 6 nitrogen and oxygen atoms in total. The van der Waals surface area contributed by atoms with Crippen molar-refractivity contribution in [2.45, 2.75) is 19.8 Å². The van der Waals surface area contributed by atoms with Gasteiger partial charge in [0.15, 0.2) is 0 Å². The number of nitro groups is 2. The first-order valence-electron chi connectivity index (χ1n) is 4.82. The smallest absolute Gasteiger partial charge is 0.258 e. The van der Waals surface area contributed by atoms with E-state index in [1.807, 2.05) is 6.92 Å². The van der Waals surface area contributed by atoms with E-state index in [4.69, 9.17) is 0 Å². The zero-order chi connectivity index (χ0) is 12.1. The lowest BCUT2D eigenvalue weighted by atomic mass is 10.1. The van der Waals surface area contributed by atoms with Gasteiger partial charge in [0, 0.05) is 11.6 Å². The van der Waals surface area contributed by atoms with Crippen LogP contribution in [0.3, 0.4) is 0 Å². The highest BCUT2D eigenvalue weighted by Crippen LogP contribution is 2.26. The van der Waals surface area contributed by atoms with Gasteiger partial charge < -0.3 is 0 Å². The van der Waals surface area contributed by atoms with Crippen LogP contribution in [0.5, 0.6) is 0 Å². The Balaban J connectivity index is 3.09. The predicted molar refractivity (Wildman–Crippen MR) is 58.1 cm³/mol. The number of hydrogen-bond donors (Lipinski definition) is 0. The van der Waals surface area contributed by atoms with E-state index in [-0.39, 0.29) is 11.4 Å². The highest BCUT2D eigenvalue weighted by atomic mass is 16.6. The summed E-state index contributed by atoms with van der Waals surface area (Å²) in [6, 6.07) is 3.67. The van der Waals surface area contributed by atoms with Crippen molar-refractivity contribution in [1.82, 2.24) is 0 Å². The van der Waals surface area contributed by atoms with Crippen LogP contribution in [0.2, 0.25) is 0 Å². The van der Waals surface area contributed by atoms with Crippen molar-refractivity contribution in [3.05, 3.63) is 50.4 Å². The van der Waals surface area contributed by atoms with Crippen LogP contribution in [0.4, 0.5) is 11.4 Å². The molecule has 0 bridgehead atoms. The molecule has 1 aromatic carbocycles. The average molecular weight is 223 g/mol. The number of rotatable bonds is 5. The molecule has 1 radical (unpaired) electrons. The number of nitrogens with zero attached hydrogens (tertiary/aromatic N) is 2. The number of hydrogen-bond acceptors (Lipinski definition) is 4. The minimum Gasteiger partial charge on any atom is -0.258 e. The Labute approximate surface area is 92.2 Å². The molecule has 0 unspecified atom stereocenters. The molecule has 1 aromatic rings. The summed E-state index contributed by atoms with van der Waals surface area (Å²) in [5.74, 6) is 0. The number of non-ortho nitro benzene ring substituents is 1. The Bertz CT molecular complexity index is 417. The van der Waals surface area contributed by atoms with Gasteiger partial charge in [-0.3, -0.25) is 20.2 Å². The van der Waals surface area contributed by atoms with Crippen molar-refractivity contribution in [3.63, 3.8) is 0 Å². The van der Waals surface area contributed by atoms with Gasteiger partial charge in [-0.1, -0.05) is 13.3 Å². The van der Waals surface area contributed by atoms with Gasteiger partial charge in [0.2, 0.25) is 0 Å². The fourth-order valence-corrected chi connectivity index (χ4v) is 1.28. The van der Waals surface area contributed by atoms with Gasteiger partial charge >= 0.3 is 0 Å². The van der Waals surface area contributed by atoms with Gasteiger partial charge in [-0.15, -0.1) is 0 Å². The predicted octanol–water partition coefficient (Wildman–Crippen LogP) is 2.86. The molecule has 0 saturated heterocycles. The summed E-state index contributed by atoms with van der Waals surface area (Å²) in [6.45, 7) is 1.95. The molecule has 0 aromatic heterocycles. The van der Waals surface area contributed by atoms with Crippen molar-refractivity contribution in [2.24, 2.45) is 0 Å². The second kappa shape index (κ2) is 5.20. The zero-order valence-electron chi connectivity index (χ0n) is 8.75. The number of benzene rings is 1. The molecule has 0 heterocycles. The lowest BCUT2D eigenvalue weighted by Crippen LogP contribution is -1.96. The summed E-state index contributed by atoms with van der Waals surface area (Å²) >= 11 is 0. The van der Waals surface area contributed by atoms with Crippen LogP contribution in [0.25, 0.3) is 0 Å². The minimum absolute atomic E-state index is 0.220. The fourth-order valence-electron chi connectivity index (χ4n) is 1.28. The molecule has 0 aliphatic rings. The van der Waals surface area contributed by atoms with Crippen molar-refractivity contribution >= 4 is 11.4 Å². The van der Waals surface area contributed by atoms with Gasteiger partial charge in [-0.2, -0.15) is 0 Å². The topological polar surface area (TPSA) is 86.3 Å². The van der Waals surface area contributed by atoms with Gasteiger partial charge in [-0.05, 0) is 18.9 Å². The average Bonchev–Trinajstić information content (AvgIpc) is 2.25. The molecule has 1 rings (SSSR count). The van der Waals surface area contributed by atoms with Crippen LogP contribution in [0.1, 0.15) is 25.3 Å². The molecule has 0 fully saturated rings. The summed E-state index contributed by atoms with van der Waals surface area (Å²) in [5, 5.41) is 21.2. The summed E-state index contributed by atoms with van der Waals surface area (Å²) in [5.41, 5.74) is -0.0551. The quantitative estimate of drug-likeness (QED) is 0.567. The second-order valence-electron chi connectivity index (χ2n) is 3.25. The van der Waals surface area contributed by atoms with Crippen LogP contribution in [-0.2, 0) is 0 Å². The maximum absolute atomic E-state index is 10.7. The Hall–Kier alpha value is -1.98. The highest BCUT2D eigenvalue weighted by Gasteiger charge is 2.18. The first-order chi connectivity index (χ1) is 7.56. The summed E-state index contributed by atoms with van der Waals surface area (Å²) in [4.78, 5) is 20.0. The van der Waals surface area contributed by atoms with Crippen LogP contribution in [-0.4, -0.2) is 9.85 Å². The van der Waals surface area contributed by atoms with E-state index >= 15 is 0 Å². The van der Waals surface area contributed by atoms with E-state index < -0.39 is 9.85 Å². The molecule has 0 spiro atoms. The van der Waals surface area contributed by atoms with Crippen molar-refractivity contribution in [3.8, 4) is 0 Å². The third-order valence-electron chi connectivity index (χ3n) is 2.07. The Morgan fingerprint density at radius 1 is 1.25 bits per heavy atom. The summed E-state index contributed by atoms with van der Waals surface area (Å²) in [7, 11) is 0. The molecule has 6 heteroatoms. The largest absolute Gasteiger partial charge is 0.279 e. The maximum atomic E-state index is 10.7. The van der Waals surface area contributed by atoms with Gasteiger partial charge in [-0.25, -0.2) is 0 Å². The number of unbranched alkanes of at least 4 members (excludes halogenated alkanes) is 1. The van der Waals surface area contributed by atoms with E-state index in [0.29, 0.717) is 12.0 Å². The summed E-state index contributed by atoms with van der Waals surface area (Å²) < 4.78 is 0. The second-order valence-corrected chi connectivity index (χ2v) is 3.25. The standard InChI is InChI=1S/C10H11N2O4/c1-2-3-4-8-5-6-9(11(13)14)7-10(8)12(15)16/h4-7H,2-3H2,1H3. The molecule has 0 aliphatic heterocycles. The van der Waals surface area contributed by atoms with E-state index in [2.05, 4.69) is 0 Å². The molecular weight excluding hydrogens is 212 g/mol. The molecule has 85 valence electrons. The zero-order valence-corrected chi connectivity index (χ0v) is 8.75. The first kappa shape index (κ1) is 12.1. The van der Waals surface area contributed by atoms with Crippen molar-refractivity contribution in [2.75, 3.05) is 0 Å². The monoisotopic (exact) mass is 223 g/mol. The minimum atomic E-state index is -0.642. The third-order valence-corrected chi connectivity index (χ3v) is 2.07. The number of nitro benzene ring substituents is 2. The van der Waals surface area contributed by atoms with E-state index in [1.165, 1.54) is 12.1 Å². The summed E-state index contributed by atoms with van der Waals surface area (Å²) in [6.07, 6.45) is 3.29. The normalized spacial score (nSPS) is 10.1. The molecule has 16 heavy (non-hydrogen) atoms. The van der Waals surface area contributed by atoms with E-state index in [1.54, 1.807) is 6.42 Å². The van der Waals surface area contributed by atoms with Crippen LogP contribution < -0.4 is 0 Å². The SMILES string of the molecule is CCC[CH]c1ccc([N+](=O)[O-])cc1[N+](=O)[O-]. The van der Waals surface area contributed by atoms with Crippen molar-refractivity contribution < 1.29 is 9.85 Å². The molecule has 0 saturated carbocycles. The maximum Gasteiger partial charge on any atom is 0.279 e. The van der Waals surface area contributed by atoms with Crippen LogP contribution in [0, 0.1) is 26.6 Å². The molecule has 0 N–H and O–H groups in total. The lowest BCUT2D eigenvalue weighted by Gasteiger charge is -2.01. The lowest BCUT2D eigenvalue weighted by molar-refractivity contribution is -0.394. The Morgan fingerprint density at radius 3 is 2.44 bits per heavy atom. The van der Waals surface area contributed by atoms with Gasteiger partial charge in [0.05, 0.1) is 15.9 Å². The molecule has 0 atom stereocenters. The highest BCUT2D eigenvalue weighted by molar-refractivity contribution is 5.51. The van der Waals surface area contributed by atoms with Crippen LogP contribution >= 0.6 is 0 Å². The molecule has 0 amide bonds. The van der Waals surface area contributed by atoms with Gasteiger partial charge in [0.1, 0.15) is 0 Å². The van der Waals surface area contributed by atoms with Gasteiger partial charge in [0.25, 0.3) is 11.4 Å². The van der Waals surface area contributed by atoms with Crippen LogP contribution in [0.15, 0.2) is 18.2 Å². The fraction of sp³-hybridized carbons (Fsp3) is 0.300. The Kier molecular flexibility index (Phi) is 3.93. The first-order valence-corrected chi connectivity index (χ1v) is 4.82. The molecule has 0 aliphatic carbocycles. The van der Waals surface area contributed by atoms with E-state index in [9.17, 15) is 20.2 Å². The van der Waals surface area contributed by atoms with Crippen molar-refractivity contribution in [1.29, 1.82) is 0 Å². The molecular formula is C10H11N2O4. The van der Waals surface area contributed by atoms with E-state index in [0.717, 1.165) is 12.5 Å².